The number of nitrogens with one attached hydrogen (secondary N) is 1. The lowest BCUT2D eigenvalue weighted by Gasteiger charge is -2.07. The number of aromatic nitrogens is 2. The molecule has 0 bridgehead atoms. The zero-order valence-electron chi connectivity index (χ0n) is 10.2. The normalized spacial score (nSPS) is 14.1. The standard InChI is InChI=1S/C14H13N3O2/c18-13(19)12-8-11(9-6-7-9)16-14(17-12)15-10-4-2-1-3-5-10/h1-5,8-9H,6-7H2,(H,18,19)(H,15,16,17). The molecule has 5 heteroatoms. The molecular formula is C14H13N3O2. The minimum atomic E-state index is -1.03. The van der Waals surface area contributed by atoms with E-state index in [-0.39, 0.29) is 5.69 Å². The van der Waals surface area contributed by atoms with Gasteiger partial charge in [-0.2, -0.15) is 0 Å². The Bertz CT molecular complexity index is 609. The average molecular weight is 255 g/mol. The summed E-state index contributed by atoms with van der Waals surface area (Å²) in [6, 6.07) is 11.0. The Balaban J connectivity index is 1.93. The smallest absolute Gasteiger partial charge is 0.354 e. The van der Waals surface area contributed by atoms with Crippen LogP contribution in [0.3, 0.4) is 0 Å². The SMILES string of the molecule is O=C(O)c1cc(C2CC2)nc(Nc2ccccc2)n1. The molecule has 1 fully saturated rings. The lowest BCUT2D eigenvalue weighted by atomic mass is 10.2. The third kappa shape index (κ3) is 2.70. The summed E-state index contributed by atoms with van der Waals surface area (Å²) in [5.74, 6) is -0.300. The van der Waals surface area contributed by atoms with Crippen molar-refractivity contribution >= 4 is 17.6 Å². The van der Waals surface area contributed by atoms with E-state index in [2.05, 4.69) is 15.3 Å². The number of aromatic carboxylic acids is 1. The second kappa shape index (κ2) is 4.68. The molecule has 19 heavy (non-hydrogen) atoms. The molecule has 5 nitrogen and oxygen atoms in total. The maximum atomic E-state index is 11.1. The fraction of sp³-hybridized carbons (Fsp3) is 0.214. The van der Waals surface area contributed by atoms with Gasteiger partial charge in [0.05, 0.1) is 0 Å². The molecule has 1 heterocycles. The van der Waals surface area contributed by atoms with Crippen LogP contribution in [0.5, 0.6) is 0 Å². The van der Waals surface area contributed by atoms with E-state index < -0.39 is 5.97 Å². The van der Waals surface area contributed by atoms with E-state index in [0.29, 0.717) is 11.9 Å². The molecule has 0 atom stereocenters. The number of hydrogen-bond donors (Lipinski definition) is 2. The van der Waals surface area contributed by atoms with Crippen LogP contribution in [0.1, 0.15) is 34.9 Å². The molecule has 0 aliphatic heterocycles. The maximum Gasteiger partial charge on any atom is 0.354 e. The number of benzene rings is 1. The summed E-state index contributed by atoms with van der Waals surface area (Å²) in [5, 5.41) is 12.1. The van der Waals surface area contributed by atoms with Crippen molar-refractivity contribution in [2.75, 3.05) is 5.32 Å². The van der Waals surface area contributed by atoms with E-state index in [4.69, 9.17) is 5.11 Å². The topological polar surface area (TPSA) is 75.1 Å². The summed E-state index contributed by atoms with van der Waals surface area (Å²) < 4.78 is 0. The van der Waals surface area contributed by atoms with E-state index >= 15 is 0 Å². The fourth-order valence-corrected chi connectivity index (χ4v) is 1.87. The molecule has 2 N–H and O–H groups in total. The van der Waals surface area contributed by atoms with Crippen molar-refractivity contribution in [3.05, 3.63) is 47.8 Å². The van der Waals surface area contributed by atoms with Crippen molar-refractivity contribution in [2.45, 2.75) is 18.8 Å². The van der Waals surface area contributed by atoms with Crippen LogP contribution in [0.15, 0.2) is 36.4 Å². The predicted molar refractivity (Wildman–Crippen MR) is 70.7 cm³/mol. The van der Waals surface area contributed by atoms with Gasteiger partial charge < -0.3 is 10.4 Å². The van der Waals surface area contributed by atoms with Crippen molar-refractivity contribution in [2.24, 2.45) is 0 Å². The Morgan fingerprint density at radius 1 is 1.21 bits per heavy atom. The van der Waals surface area contributed by atoms with Gasteiger partial charge in [0.15, 0.2) is 5.69 Å². The van der Waals surface area contributed by atoms with Crippen molar-refractivity contribution in [1.29, 1.82) is 0 Å². The van der Waals surface area contributed by atoms with E-state index in [9.17, 15) is 4.79 Å². The maximum absolute atomic E-state index is 11.1. The number of para-hydroxylation sites is 1. The van der Waals surface area contributed by atoms with Crippen molar-refractivity contribution in [3.8, 4) is 0 Å². The first-order chi connectivity index (χ1) is 9.22. The summed E-state index contributed by atoms with van der Waals surface area (Å²) in [4.78, 5) is 19.5. The van der Waals surface area contributed by atoms with Crippen LogP contribution in [-0.4, -0.2) is 21.0 Å². The third-order valence-electron chi connectivity index (χ3n) is 2.99. The van der Waals surface area contributed by atoms with Crippen molar-refractivity contribution in [1.82, 2.24) is 9.97 Å². The van der Waals surface area contributed by atoms with E-state index in [1.165, 1.54) is 0 Å². The van der Waals surface area contributed by atoms with Gasteiger partial charge in [-0.05, 0) is 31.0 Å². The molecule has 1 aromatic carbocycles. The summed E-state index contributed by atoms with van der Waals surface area (Å²) in [6.45, 7) is 0. The highest BCUT2D eigenvalue weighted by molar-refractivity contribution is 5.86. The van der Waals surface area contributed by atoms with Gasteiger partial charge in [-0.25, -0.2) is 14.8 Å². The van der Waals surface area contributed by atoms with Crippen LogP contribution in [0, 0.1) is 0 Å². The van der Waals surface area contributed by atoms with E-state index in [1.54, 1.807) is 6.07 Å². The Morgan fingerprint density at radius 3 is 2.58 bits per heavy atom. The number of carbonyl (C=O) groups is 1. The molecule has 96 valence electrons. The summed E-state index contributed by atoms with van der Waals surface area (Å²) in [7, 11) is 0. The first-order valence-electron chi connectivity index (χ1n) is 6.17. The Hall–Kier alpha value is -2.43. The van der Waals surface area contributed by atoms with Crippen molar-refractivity contribution in [3.63, 3.8) is 0 Å². The van der Waals surface area contributed by atoms with Crippen LogP contribution in [-0.2, 0) is 0 Å². The first-order valence-corrected chi connectivity index (χ1v) is 6.17. The van der Waals surface area contributed by atoms with Crippen LogP contribution < -0.4 is 5.32 Å². The molecule has 0 saturated heterocycles. The van der Waals surface area contributed by atoms with Crippen molar-refractivity contribution < 1.29 is 9.90 Å². The molecule has 0 spiro atoms. The molecule has 1 aromatic heterocycles. The lowest BCUT2D eigenvalue weighted by molar-refractivity contribution is 0.0690. The molecule has 1 saturated carbocycles. The number of nitrogens with zero attached hydrogens (tertiary/aromatic N) is 2. The Morgan fingerprint density at radius 2 is 1.95 bits per heavy atom. The molecule has 1 aliphatic rings. The second-order valence-corrected chi connectivity index (χ2v) is 4.57. The van der Waals surface area contributed by atoms with E-state index in [1.807, 2.05) is 30.3 Å². The van der Waals surface area contributed by atoms with Crippen LogP contribution in [0.4, 0.5) is 11.6 Å². The van der Waals surface area contributed by atoms with Gasteiger partial charge >= 0.3 is 5.97 Å². The minimum absolute atomic E-state index is 0.0373. The van der Waals surface area contributed by atoms with Crippen LogP contribution in [0.2, 0.25) is 0 Å². The first kappa shape index (κ1) is 11.6. The third-order valence-corrected chi connectivity index (χ3v) is 2.99. The average Bonchev–Trinajstić information content (AvgIpc) is 3.24. The van der Waals surface area contributed by atoms with Gasteiger partial charge in [-0.1, -0.05) is 18.2 Å². The molecule has 1 aliphatic carbocycles. The summed E-state index contributed by atoms with van der Waals surface area (Å²) in [5.41, 5.74) is 1.69. The molecule has 0 unspecified atom stereocenters. The second-order valence-electron chi connectivity index (χ2n) is 4.57. The molecule has 3 rings (SSSR count). The number of carboxylic acids is 1. The fourth-order valence-electron chi connectivity index (χ4n) is 1.87. The van der Waals surface area contributed by atoms with Gasteiger partial charge in [0.25, 0.3) is 0 Å². The molecule has 2 aromatic rings. The largest absolute Gasteiger partial charge is 0.477 e. The molecule has 0 radical (unpaired) electrons. The van der Waals surface area contributed by atoms with Gasteiger partial charge in [-0.3, -0.25) is 0 Å². The molecule has 0 amide bonds. The van der Waals surface area contributed by atoms with Crippen LogP contribution >= 0.6 is 0 Å². The summed E-state index contributed by atoms with van der Waals surface area (Å²) >= 11 is 0. The van der Waals surface area contributed by atoms with Gasteiger partial charge in [0, 0.05) is 17.3 Å². The highest BCUT2D eigenvalue weighted by atomic mass is 16.4. The zero-order chi connectivity index (χ0) is 13.2. The van der Waals surface area contributed by atoms with Gasteiger partial charge in [0.2, 0.25) is 5.95 Å². The molecular weight excluding hydrogens is 242 g/mol. The monoisotopic (exact) mass is 255 g/mol. The number of carboxylic acid groups (broad SMARTS) is 1. The highest BCUT2D eigenvalue weighted by Gasteiger charge is 2.27. The van der Waals surface area contributed by atoms with E-state index in [0.717, 1.165) is 24.2 Å². The lowest BCUT2D eigenvalue weighted by Crippen LogP contribution is -2.07. The number of anilines is 2. The summed E-state index contributed by atoms with van der Waals surface area (Å²) in [6.07, 6.45) is 2.14. The highest BCUT2D eigenvalue weighted by Crippen LogP contribution is 2.39. The Kier molecular flexibility index (Phi) is 2.87. The predicted octanol–water partition coefficient (Wildman–Crippen LogP) is 2.80. The number of rotatable bonds is 4. The minimum Gasteiger partial charge on any atom is -0.477 e. The quantitative estimate of drug-likeness (QED) is 0.878. The Labute approximate surface area is 110 Å². The van der Waals surface area contributed by atoms with Gasteiger partial charge in [-0.15, -0.1) is 0 Å². The van der Waals surface area contributed by atoms with Gasteiger partial charge in [0.1, 0.15) is 0 Å². The zero-order valence-corrected chi connectivity index (χ0v) is 10.2. The number of hydrogen-bond acceptors (Lipinski definition) is 4. The van der Waals surface area contributed by atoms with Crippen LogP contribution in [0.25, 0.3) is 0 Å².